The normalized spacial score (nSPS) is 18.7. The Morgan fingerprint density at radius 2 is 2.23 bits per heavy atom. The summed E-state index contributed by atoms with van der Waals surface area (Å²) in [5, 5.41) is 35.4. The van der Waals surface area contributed by atoms with Gasteiger partial charge in [0, 0.05) is 39.0 Å². The number of hydrogen-bond donors (Lipinski definition) is 3. The molecule has 12 nitrogen and oxygen atoms in total. The SMILES string of the molecule is CN(CC(C)(C)n1cc(Nc2nccc(N3CC[C@](O)(C#N)C3=O)n2)cn1)C(=O)CO. The van der Waals surface area contributed by atoms with Gasteiger partial charge in [-0.3, -0.25) is 19.2 Å². The van der Waals surface area contributed by atoms with Gasteiger partial charge in [0.15, 0.2) is 0 Å². The number of nitriles is 1. The van der Waals surface area contributed by atoms with E-state index >= 15 is 0 Å². The number of amides is 2. The Hall–Kier alpha value is -3.56. The molecule has 31 heavy (non-hydrogen) atoms. The highest BCUT2D eigenvalue weighted by Gasteiger charge is 2.46. The highest BCUT2D eigenvalue weighted by Crippen LogP contribution is 2.27. The third-order valence-electron chi connectivity index (χ3n) is 5.04. The van der Waals surface area contributed by atoms with Crippen LogP contribution in [-0.2, 0) is 15.1 Å². The zero-order chi connectivity index (χ0) is 22.8. The summed E-state index contributed by atoms with van der Waals surface area (Å²) in [6, 6.07) is 3.16. The highest BCUT2D eigenvalue weighted by molar-refractivity contribution is 6.03. The van der Waals surface area contributed by atoms with E-state index in [1.54, 1.807) is 30.2 Å². The first-order valence-corrected chi connectivity index (χ1v) is 9.55. The maximum absolute atomic E-state index is 12.3. The summed E-state index contributed by atoms with van der Waals surface area (Å²) in [5.74, 6) is -0.618. The lowest BCUT2D eigenvalue weighted by molar-refractivity contribution is -0.134. The Morgan fingerprint density at radius 1 is 1.48 bits per heavy atom. The Labute approximate surface area is 178 Å². The van der Waals surface area contributed by atoms with E-state index in [-0.39, 0.29) is 30.6 Å². The van der Waals surface area contributed by atoms with Crippen LogP contribution >= 0.6 is 0 Å². The summed E-state index contributed by atoms with van der Waals surface area (Å²) in [4.78, 5) is 35.1. The lowest BCUT2D eigenvalue weighted by atomic mass is 10.1. The van der Waals surface area contributed by atoms with Crippen molar-refractivity contribution >= 4 is 29.3 Å². The van der Waals surface area contributed by atoms with Crippen LogP contribution in [0.3, 0.4) is 0 Å². The van der Waals surface area contributed by atoms with Crippen LogP contribution < -0.4 is 10.2 Å². The minimum Gasteiger partial charge on any atom is -0.387 e. The summed E-state index contributed by atoms with van der Waals surface area (Å²) >= 11 is 0. The maximum atomic E-state index is 12.3. The van der Waals surface area contributed by atoms with Crippen molar-refractivity contribution in [1.82, 2.24) is 24.6 Å². The van der Waals surface area contributed by atoms with Gasteiger partial charge in [0.1, 0.15) is 18.5 Å². The number of hydrogen-bond acceptors (Lipinski definition) is 9. The average molecular weight is 428 g/mol. The third kappa shape index (κ3) is 4.47. The maximum Gasteiger partial charge on any atom is 0.275 e. The van der Waals surface area contributed by atoms with Gasteiger partial charge in [0.05, 0.1) is 17.4 Å². The van der Waals surface area contributed by atoms with Crippen molar-refractivity contribution in [3.8, 4) is 6.07 Å². The number of aliphatic hydroxyl groups excluding tert-OH is 1. The molecule has 0 saturated carbocycles. The zero-order valence-electron chi connectivity index (χ0n) is 17.5. The van der Waals surface area contributed by atoms with Crippen molar-refractivity contribution < 1.29 is 19.8 Å². The molecule has 12 heteroatoms. The lowest BCUT2D eigenvalue weighted by Crippen LogP contribution is -2.43. The van der Waals surface area contributed by atoms with Gasteiger partial charge in [-0.25, -0.2) is 4.98 Å². The minimum atomic E-state index is -2.03. The smallest absolute Gasteiger partial charge is 0.275 e. The van der Waals surface area contributed by atoms with Gasteiger partial charge in [-0.05, 0) is 19.9 Å². The van der Waals surface area contributed by atoms with Crippen LogP contribution in [0.25, 0.3) is 0 Å². The molecule has 2 aromatic rings. The third-order valence-corrected chi connectivity index (χ3v) is 5.04. The van der Waals surface area contributed by atoms with Crippen molar-refractivity contribution in [2.24, 2.45) is 0 Å². The second-order valence-electron chi connectivity index (χ2n) is 7.94. The zero-order valence-corrected chi connectivity index (χ0v) is 17.5. The monoisotopic (exact) mass is 428 g/mol. The van der Waals surface area contributed by atoms with Gasteiger partial charge >= 0.3 is 0 Å². The molecule has 0 radical (unpaired) electrons. The number of aliphatic hydroxyl groups is 2. The van der Waals surface area contributed by atoms with E-state index in [0.717, 1.165) is 0 Å². The van der Waals surface area contributed by atoms with Crippen LogP contribution in [0.15, 0.2) is 24.7 Å². The van der Waals surface area contributed by atoms with E-state index in [4.69, 9.17) is 10.4 Å². The van der Waals surface area contributed by atoms with Gasteiger partial charge in [0.2, 0.25) is 17.5 Å². The fourth-order valence-electron chi connectivity index (χ4n) is 3.30. The Kier molecular flexibility index (Phi) is 5.92. The van der Waals surface area contributed by atoms with E-state index in [1.165, 1.54) is 22.1 Å². The first kappa shape index (κ1) is 22.1. The van der Waals surface area contributed by atoms with Crippen molar-refractivity contribution in [2.75, 3.05) is 37.0 Å². The average Bonchev–Trinajstić information content (AvgIpc) is 3.33. The fraction of sp³-hybridized carbons (Fsp3) is 0.474. The first-order valence-electron chi connectivity index (χ1n) is 9.55. The molecule has 1 aliphatic heterocycles. The second kappa shape index (κ2) is 8.29. The van der Waals surface area contributed by atoms with Crippen LogP contribution in [0.1, 0.15) is 20.3 Å². The molecule has 164 valence electrons. The number of nitrogens with one attached hydrogen (secondary N) is 1. The van der Waals surface area contributed by atoms with Crippen molar-refractivity contribution in [3.63, 3.8) is 0 Å². The number of carbonyl (C=O) groups excluding carboxylic acids is 2. The van der Waals surface area contributed by atoms with Gasteiger partial charge in [-0.15, -0.1) is 0 Å². The van der Waals surface area contributed by atoms with E-state index in [1.807, 2.05) is 13.8 Å². The van der Waals surface area contributed by atoms with E-state index in [0.29, 0.717) is 12.2 Å². The predicted octanol–water partition coefficient (Wildman–Crippen LogP) is -0.406. The van der Waals surface area contributed by atoms with E-state index < -0.39 is 23.7 Å². The summed E-state index contributed by atoms with van der Waals surface area (Å²) in [6.45, 7) is 3.75. The summed E-state index contributed by atoms with van der Waals surface area (Å²) in [5.41, 5.74) is -2.00. The number of likely N-dealkylation sites (N-methyl/N-ethyl adjacent to an activating group) is 1. The molecule has 3 rings (SSSR count). The van der Waals surface area contributed by atoms with Crippen molar-refractivity contribution in [3.05, 3.63) is 24.7 Å². The molecule has 2 amide bonds. The van der Waals surface area contributed by atoms with Gasteiger partial charge in [-0.2, -0.15) is 15.3 Å². The van der Waals surface area contributed by atoms with Gasteiger partial charge < -0.3 is 20.4 Å². The van der Waals surface area contributed by atoms with Crippen molar-refractivity contribution in [1.29, 1.82) is 5.26 Å². The molecule has 1 fully saturated rings. The van der Waals surface area contributed by atoms with Crippen LogP contribution in [-0.4, -0.2) is 79.0 Å². The molecule has 0 unspecified atom stereocenters. The number of rotatable bonds is 7. The molecule has 1 aliphatic rings. The summed E-state index contributed by atoms with van der Waals surface area (Å²) in [7, 11) is 1.61. The molecule has 1 saturated heterocycles. The second-order valence-corrected chi connectivity index (χ2v) is 7.94. The number of aromatic nitrogens is 4. The predicted molar refractivity (Wildman–Crippen MR) is 109 cm³/mol. The quantitative estimate of drug-likeness (QED) is 0.498. The molecular weight excluding hydrogens is 404 g/mol. The van der Waals surface area contributed by atoms with Crippen LogP contribution in [0.4, 0.5) is 17.5 Å². The van der Waals surface area contributed by atoms with Gasteiger partial charge in [0.25, 0.3) is 5.91 Å². The molecule has 0 aromatic carbocycles. The Balaban J connectivity index is 1.73. The van der Waals surface area contributed by atoms with Crippen LogP contribution in [0.2, 0.25) is 0 Å². The van der Waals surface area contributed by atoms with Crippen LogP contribution in [0, 0.1) is 11.3 Å². The standard InChI is InChI=1S/C19H24N8O4/c1-18(2,12-25(3)15(29)10-28)27-9-13(8-22-27)23-17-21-6-4-14(24-17)26-7-5-19(31,11-20)16(26)30/h4,6,8-9,28,31H,5,7,10,12H2,1-3H3,(H,21,23,24)/t19-/m0/s1. The Morgan fingerprint density at radius 3 is 2.87 bits per heavy atom. The van der Waals surface area contributed by atoms with E-state index in [2.05, 4.69) is 20.4 Å². The van der Waals surface area contributed by atoms with E-state index in [9.17, 15) is 14.7 Å². The molecule has 0 aliphatic carbocycles. The van der Waals surface area contributed by atoms with Crippen molar-refractivity contribution in [2.45, 2.75) is 31.4 Å². The molecule has 2 aromatic heterocycles. The molecule has 1 atom stereocenters. The van der Waals surface area contributed by atoms with Crippen LogP contribution in [0.5, 0.6) is 0 Å². The topological polar surface area (TPSA) is 160 Å². The fourth-order valence-corrected chi connectivity index (χ4v) is 3.30. The largest absolute Gasteiger partial charge is 0.387 e. The number of anilines is 3. The molecule has 0 bridgehead atoms. The first-order chi connectivity index (χ1) is 14.6. The Bertz CT molecular complexity index is 1030. The molecule has 3 heterocycles. The molecule has 0 spiro atoms. The minimum absolute atomic E-state index is 0.00415. The number of carbonyl (C=O) groups is 2. The summed E-state index contributed by atoms with van der Waals surface area (Å²) < 4.78 is 1.68. The molecule has 3 N–H and O–H groups in total. The molecular formula is C19H24N8O4. The lowest BCUT2D eigenvalue weighted by Gasteiger charge is -2.30. The number of nitrogens with zero attached hydrogens (tertiary/aromatic N) is 7. The highest BCUT2D eigenvalue weighted by atomic mass is 16.3. The summed E-state index contributed by atoms with van der Waals surface area (Å²) in [6.07, 6.45) is 4.76. The van der Waals surface area contributed by atoms with Gasteiger partial charge in [-0.1, -0.05) is 0 Å².